The molecule has 3 heteroatoms. The fourth-order valence-electron chi connectivity index (χ4n) is 2.27. The van der Waals surface area contributed by atoms with E-state index >= 15 is 0 Å². The summed E-state index contributed by atoms with van der Waals surface area (Å²) in [6.07, 6.45) is 4.01. The minimum Gasteiger partial charge on any atom is -0.340 e. The molecule has 0 spiro atoms. The zero-order valence-electron chi connectivity index (χ0n) is 8.49. The number of nitrogens with zero attached hydrogens (tertiary/aromatic N) is 2. The van der Waals surface area contributed by atoms with E-state index in [1.165, 1.54) is 5.69 Å². The van der Waals surface area contributed by atoms with Crippen molar-refractivity contribution in [2.24, 2.45) is 13.0 Å². The highest BCUT2D eigenvalue weighted by molar-refractivity contribution is 5.12. The van der Waals surface area contributed by atoms with Crippen LogP contribution >= 0.6 is 0 Å². The Morgan fingerprint density at radius 1 is 1.54 bits per heavy atom. The summed E-state index contributed by atoms with van der Waals surface area (Å²) in [6.45, 7) is 5.64. The van der Waals surface area contributed by atoms with Crippen LogP contribution in [0.2, 0.25) is 0 Å². The van der Waals surface area contributed by atoms with Crippen molar-refractivity contribution in [3.63, 3.8) is 0 Å². The third-order valence-electron chi connectivity index (χ3n) is 2.98. The van der Waals surface area contributed by atoms with Crippen molar-refractivity contribution in [1.82, 2.24) is 14.9 Å². The van der Waals surface area contributed by atoms with Gasteiger partial charge in [-0.1, -0.05) is 6.92 Å². The summed E-state index contributed by atoms with van der Waals surface area (Å²) in [5.41, 5.74) is 1.23. The van der Waals surface area contributed by atoms with Crippen molar-refractivity contribution >= 4 is 0 Å². The Hall–Kier alpha value is -0.830. The molecule has 3 atom stereocenters. The first-order valence-electron chi connectivity index (χ1n) is 4.89. The molecule has 1 aromatic rings. The molecular weight excluding hydrogens is 162 g/mol. The lowest BCUT2D eigenvalue weighted by Gasteiger charge is -2.15. The van der Waals surface area contributed by atoms with Crippen LogP contribution in [0.4, 0.5) is 0 Å². The molecule has 0 aliphatic carbocycles. The topological polar surface area (TPSA) is 29.9 Å². The molecule has 2 rings (SSSR count). The lowest BCUT2D eigenvalue weighted by Crippen LogP contribution is -2.22. The molecule has 72 valence electrons. The quantitative estimate of drug-likeness (QED) is 0.700. The molecule has 1 saturated heterocycles. The van der Waals surface area contributed by atoms with Gasteiger partial charge >= 0.3 is 0 Å². The van der Waals surface area contributed by atoms with Gasteiger partial charge in [-0.25, -0.2) is 4.98 Å². The summed E-state index contributed by atoms with van der Waals surface area (Å²) >= 11 is 0. The monoisotopic (exact) mass is 179 g/mol. The summed E-state index contributed by atoms with van der Waals surface area (Å²) in [6, 6.07) is 0.560. The lowest BCUT2D eigenvalue weighted by atomic mass is 9.90. The zero-order valence-corrected chi connectivity index (χ0v) is 8.49. The predicted molar refractivity (Wildman–Crippen MR) is 52.6 cm³/mol. The van der Waals surface area contributed by atoms with Crippen LogP contribution in [-0.2, 0) is 7.05 Å². The first-order chi connectivity index (χ1) is 6.18. The lowest BCUT2D eigenvalue weighted by molar-refractivity contribution is 0.509. The van der Waals surface area contributed by atoms with Crippen LogP contribution in [0.25, 0.3) is 0 Å². The van der Waals surface area contributed by atoms with E-state index < -0.39 is 0 Å². The van der Waals surface area contributed by atoms with E-state index in [2.05, 4.69) is 30.3 Å². The predicted octanol–water partition coefficient (Wildman–Crippen LogP) is 1.13. The van der Waals surface area contributed by atoms with E-state index in [-0.39, 0.29) is 0 Å². The maximum atomic E-state index is 4.42. The maximum absolute atomic E-state index is 4.42. The second-order valence-electron chi connectivity index (χ2n) is 4.16. The molecule has 1 N–H and O–H groups in total. The molecule has 1 aromatic heterocycles. The summed E-state index contributed by atoms with van der Waals surface area (Å²) in [7, 11) is 2.02. The number of hydrogen-bond donors (Lipinski definition) is 1. The van der Waals surface area contributed by atoms with E-state index in [1.54, 1.807) is 0 Å². The first-order valence-corrected chi connectivity index (χ1v) is 4.89. The van der Waals surface area contributed by atoms with Crippen LogP contribution in [0.15, 0.2) is 12.5 Å². The number of nitrogens with one attached hydrogen (secondary N) is 1. The second kappa shape index (κ2) is 3.14. The average molecular weight is 179 g/mol. The van der Waals surface area contributed by atoms with Gasteiger partial charge in [0.05, 0.1) is 12.0 Å². The first kappa shape index (κ1) is 8.75. The molecule has 3 nitrogen and oxygen atoms in total. The van der Waals surface area contributed by atoms with Gasteiger partial charge < -0.3 is 9.88 Å². The number of imidazole rings is 1. The average Bonchev–Trinajstić information content (AvgIpc) is 2.60. The van der Waals surface area contributed by atoms with E-state index in [0.717, 1.165) is 6.54 Å². The molecular formula is C10H17N3. The molecule has 0 aromatic carbocycles. The van der Waals surface area contributed by atoms with Crippen molar-refractivity contribution in [2.75, 3.05) is 6.54 Å². The Morgan fingerprint density at radius 3 is 2.77 bits per heavy atom. The molecule has 13 heavy (non-hydrogen) atoms. The second-order valence-corrected chi connectivity index (χ2v) is 4.16. The molecule has 3 unspecified atom stereocenters. The van der Waals surface area contributed by atoms with Crippen LogP contribution in [0.3, 0.4) is 0 Å². The summed E-state index contributed by atoms with van der Waals surface area (Å²) in [4.78, 5) is 4.42. The van der Waals surface area contributed by atoms with Gasteiger partial charge in [-0.3, -0.25) is 0 Å². The summed E-state index contributed by atoms with van der Waals surface area (Å²) in [5.74, 6) is 1.28. The van der Waals surface area contributed by atoms with Crippen molar-refractivity contribution in [1.29, 1.82) is 0 Å². The molecule has 0 amide bonds. The Kier molecular flexibility index (Phi) is 2.12. The number of aromatic nitrogens is 2. The zero-order chi connectivity index (χ0) is 9.42. The minimum atomic E-state index is 0.560. The standard InChI is InChI=1S/C10H17N3/c1-7-4-11-8(2)10(7)9-5-13(3)6-12-9/h5-8,10-11H,4H2,1-3H3. The number of hydrogen-bond acceptors (Lipinski definition) is 2. The van der Waals surface area contributed by atoms with Crippen LogP contribution in [0.1, 0.15) is 25.5 Å². The van der Waals surface area contributed by atoms with Crippen molar-refractivity contribution in [3.8, 4) is 0 Å². The van der Waals surface area contributed by atoms with Gasteiger partial charge in [0.1, 0.15) is 0 Å². The Morgan fingerprint density at radius 2 is 2.31 bits per heavy atom. The van der Waals surface area contributed by atoms with Gasteiger partial charge in [-0.15, -0.1) is 0 Å². The third kappa shape index (κ3) is 1.48. The van der Waals surface area contributed by atoms with Crippen molar-refractivity contribution in [3.05, 3.63) is 18.2 Å². The molecule has 1 aliphatic rings. The normalized spacial score (nSPS) is 33.9. The van der Waals surface area contributed by atoms with Crippen LogP contribution < -0.4 is 5.32 Å². The molecule has 1 aliphatic heterocycles. The number of rotatable bonds is 1. The van der Waals surface area contributed by atoms with Crippen molar-refractivity contribution in [2.45, 2.75) is 25.8 Å². The molecule has 1 fully saturated rings. The maximum Gasteiger partial charge on any atom is 0.0946 e. The minimum absolute atomic E-state index is 0.560. The number of aryl methyl sites for hydroxylation is 1. The highest BCUT2D eigenvalue weighted by Crippen LogP contribution is 2.30. The molecule has 0 bridgehead atoms. The van der Waals surface area contributed by atoms with E-state index in [4.69, 9.17) is 0 Å². The van der Waals surface area contributed by atoms with Crippen molar-refractivity contribution < 1.29 is 0 Å². The Bertz CT molecular complexity index is 282. The molecule has 0 saturated carbocycles. The molecule has 0 radical (unpaired) electrons. The van der Waals surface area contributed by atoms with Gasteiger partial charge in [-0.2, -0.15) is 0 Å². The highest BCUT2D eigenvalue weighted by Gasteiger charge is 2.32. The van der Waals surface area contributed by atoms with E-state index in [1.807, 2.05) is 17.9 Å². The summed E-state index contributed by atoms with van der Waals surface area (Å²) < 4.78 is 2.02. The smallest absolute Gasteiger partial charge is 0.0946 e. The Labute approximate surface area is 79.2 Å². The third-order valence-corrected chi connectivity index (χ3v) is 2.98. The van der Waals surface area contributed by atoms with Crippen LogP contribution in [-0.4, -0.2) is 22.1 Å². The van der Waals surface area contributed by atoms with Gasteiger partial charge in [-0.05, 0) is 19.4 Å². The molecule has 2 heterocycles. The van der Waals surface area contributed by atoms with E-state index in [0.29, 0.717) is 17.9 Å². The van der Waals surface area contributed by atoms with Gasteiger partial charge in [0.25, 0.3) is 0 Å². The fraction of sp³-hybridized carbons (Fsp3) is 0.700. The van der Waals surface area contributed by atoms with Gasteiger partial charge in [0.15, 0.2) is 0 Å². The fourth-order valence-corrected chi connectivity index (χ4v) is 2.27. The van der Waals surface area contributed by atoms with Gasteiger partial charge in [0.2, 0.25) is 0 Å². The highest BCUT2D eigenvalue weighted by atomic mass is 15.0. The Balaban J connectivity index is 2.24. The van der Waals surface area contributed by atoms with E-state index in [9.17, 15) is 0 Å². The van der Waals surface area contributed by atoms with Crippen LogP contribution in [0, 0.1) is 5.92 Å². The summed E-state index contributed by atoms with van der Waals surface area (Å²) in [5, 5.41) is 3.48. The SMILES string of the molecule is CC1CNC(C)C1c1cn(C)cn1. The largest absolute Gasteiger partial charge is 0.340 e. The van der Waals surface area contributed by atoms with Crippen LogP contribution in [0.5, 0.6) is 0 Å². The van der Waals surface area contributed by atoms with Gasteiger partial charge in [0, 0.05) is 25.2 Å².